The first-order valence-corrected chi connectivity index (χ1v) is 7.20. The smallest absolute Gasteiger partial charge is 0.271 e. The Morgan fingerprint density at radius 3 is 3.10 bits per heavy atom. The maximum atomic E-state index is 10.8. The third-order valence-electron chi connectivity index (χ3n) is 4.03. The van der Waals surface area contributed by atoms with E-state index in [4.69, 9.17) is 0 Å². The van der Waals surface area contributed by atoms with Crippen LogP contribution in [0, 0.1) is 10.1 Å². The Bertz CT molecular complexity index is 653. The molecule has 1 aromatic carbocycles. The zero-order valence-electron chi connectivity index (χ0n) is 11.7. The normalized spacial score (nSPS) is 19.1. The van der Waals surface area contributed by atoms with Crippen LogP contribution in [0.4, 0.5) is 11.6 Å². The summed E-state index contributed by atoms with van der Waals surface area (Å²) in [5, 5.41) is 20.0. The van der Waals surface area contributed by atoms with E-state index in [1.54, 1.807) is 6.07 Å². The van der Waals surface area contributed by atoms with Crippen LogP contribution >= 0.6 is 0 Å². The molecule has 0 saturated carbocycles. The molecule has 7 heteroatoms. The lowest BCUT2D eigenvalue weighted by Gasteiger charge is -2.35. The van der Waals surface area contributed by atoms with Crippen LogP contribution in [0.25, 0.3) is 11.0 Å². The fourth-order valence-corrected chi connectivity index (χ4v) is 2.96. The number of hydrogen-bond acceptors (Lipinski definition) is 5. The predicted octanol–water partition coefficient (Wildman–Crippen LogP) is 2.21. The number of piperidine rings is 1. The first kappa shape index (κ1) is 13.8. The lowest BCUT2D eigenvalue weighted by Crippen LogP contribution is -2.40. The second-order valence-corrected chi connectivity index (χ2v) is 5.37. The lowest BCUT2D eigenvalue weighted by molar-refractivity contribution is -0.384. The first-order valence-electron chi connectivity index (χ1n) is 7.20. The summed E-state index contributed by atoms with van der Waals surface area (Å²) in [5.74, 6) is 0.739. The fraction of sp³-hybridized carbons (Fsp3) is 0.500. The van der Waals surface area contributed by atoms with Gasteiger partial charge in [-0.2, -0.15) is 0 Å². The Morgan fingerprint density at radius 1 is 1.48 bits per heavy atom. The Morgan fingerprint density at radius 2 is 2.33 bits per heavy atom. The highest BCUT2D eigenvalue weighted by Gasteiger charge is 2.24. The van der Waals surface area contributed by atoms with Crippen molar-refractivity contribution in [1.29, 1.82) is 0 Å². The molecule has 0 spiro atoms. The molecule has 1 saturated heterocycles. The number of aromatic amines is 1. The molecular weight excluding hydrogens is 272 g/mol. The van der Waals surface area contributed by atoms with E-state index in [2.05, 4.69) is 14.9 Å². The number of nitrogens with one attached hydrogen (secondary N) is 1. The summed E-state index contributed by atoms with van der Waals surface area (Å²) in [5.41, 5.74) is 1.46. The predicted molar refractivity (Wildman–Crippen MR) is 79.4 cm³/mol. The minimum atomic E-state index is -0.407. The topological polar surface area (TPSA) is 95.3 Å². The van der Waals surface area contributed by atoms with Crippen LogP contribution in [0.5, 0.6) is 0 Å². The number of non-ortho nitro benzene ring substituents is 1. The number of anilines is 1. The van der Waals surface area contributed by atoms with Crippen molar-refractivity contribution in [3.8, 4) is 0 Å². The van der Waals surface area contributed by atoms with Crippen LogP contribution in [0.1, 0.15) is 25.7 Å². The summed E-state index contributed by atoms with van der Waals surface area (Å²) < 4.78 is 0. The monoisotopic (exact) mass is 290 g/mol. The summed E-state index contributed by atoms with van der Waals surface area (Å²) in [6.45, 7) is 1.06. The van der Waals surface area contributed by atoms with Crippen LogP contribution in [-0.4, -0.2) is 39.2 Å². The van der Waals surface area contributed by atoms with Gasteiger partial charge in [0.2, 0.25) is 5.95 Å². The van der Waals surface area contributed by atoms with Gasteiger partial charge in [0.05, 0.1) is 16.0 Å². The van der Waals surface area contributed by atoms with Crippen molar-refractivity contribution in [2.45, 2.75) is 31.7 Å². The van der Waals surface area contributed by atoms with Gasteiger partial charge in [-0.15, -0.1) is 0 Å². The number of imidazole rings is 1. The largest absolute Gasteiger partial charge is 0.396 e. The zero-order chi connectivity index (χ0) is 14.8. The van der Waals surface area contributed by atoms with Gasteiger partial charge in [-0.3, -0.25) is 10.1 Å². The number of benzene rings is 1. The number of nitrogens with zero attached hydrogens (tertiary/aromatic N) is 3. The van der Waals surface area contributed by atoms with Crippen LogP contribution in [-0.2, 0) is 0 Å². The molecule has 0 amide bonds. The lowest BCUT2D eigenvalue weighted by atomic mass is 10.0. The minimum Gasteiger partial charge on any atom is -0.396 e. The number of nitro groups is 1. The molecule has 3 rings (SSSR count). The van der Waals surface area contributed by atoms with Gasteiger partial charge in [0.15, 0.2) is 0 Å². The van der Waals surface area contributed by atoms with Crippen molar-refractivity contribution in [2.75, 3.05) is 18.1 Å². The van der Waals surface area contributed by atoms with Crippen molar-refractivity contribution in [1.82, 2.24) is 9.97 Å². The molecule has 1 atom stereocenters. The Hall–Kier alpha value is -2.15. The van der Waals surface area contributed by atoms with Gasteiger partial charge in [-0.25, -0.2) is 4.98 Å². The van der Waals surface area contributed by atoms with Crippen molar-refractivity contribution in [2.24, 2.45) is 0 Å². The van der Waals surface area contributed by atoms with E-state index in [0.29, 0.717) is 5.52 Å². The van der Waals surface area contributed by atoms with Crippen LogP contribution in [0.3, 0.4) is 0 Å². The summed E-state index contributed by atoms with van der Waals surface area (Å²) in [4.78, 5) is 20.3. The van der Waals surface area contributed by atoms with E-state index in [0.717, 1.165) is 43.7 Å². The van der Waals surface area contributed by atoms with Gasteiger partial charge in [-0.05, 0) is 31.7 Å². The summed E-state index contributed by atoms with van der Waals surface area (Å²) in [7, 11) is 0. The Labute approximate surface area is 121 Å². The molecule has 0 radical (unpaired) electrons. The number of aromatic nitrogens is 2. The van der Waals surface area contributed by atoms with Crippen molar-refractivity contribution < 1.29 is 10.0 Å². The third kappa shape index (κ3) is 2.69. The molecule has 1 aromatic heterocycles. The highest BCUT2D eigenvalue weighted by atomic mass is 16.6. The number of fused-ring (bicyclic) bond motifs is 1. The van der Waals surface area contributed by atoms with Crippen molar-refractivity contribution in [3.05, 3.63) is 28.3 Å². The van der Waals surface area contributed by atoms with Gasteiger partial charge >= 0.3 is 0 Å². The molecule has 1 fully saturated rings. The first-order chi connectivity index (χ1) is 10.2. The van der Waals surface area contributed by atoms with E-state index < -0.39 is 4.92 Å². The second kappa shape index (κ2) is 5.69. The molecule has 7 nitrogen and oxygen atoms in total. The molecular formula is C14H18N4O3. The van der Waals surface area contributed by atoms with Gasteiger partial charge in [0.25, 0.3) is 5.69 Å². The van der Waals surface area contributed by atoms with Crippen molar-refractivity contribution in [3.63, 3.8) is 0 Å². The van der Waals surface area contributed by atoms with E-state index in [9.17, 15) is 15.2 Å². The Balaban J connectivity index is 1.93. The SMILES string of the molecule is O=[N+]([O-])c1ccc2nc(N3CCCCC3CCO)[nH]c2c1. The quantitative estimate of drug-likeness (QED) is 0.665. The number of rotatable bonds is 4. The summed E-state index contributed by atoms with van der Waals surface area (Å²) in [6, 6.07) is 4.92. The van der Waals surface area contributed by atoms with Gasteiger partial charge < -0.3 is 15.0 Å². The van der Waals surface area contributed by atoms with Crippen LogP contribution < -0.4 is 4.90 Å². The second-order valence-electron chi connectivity index (χ2n) is 5.37. The van der Waals surface area contributed by atoms with E-state index >= 15 is 0 Å². The number of hydrogen-bond donors (Lipinski definition) is 2. The van der Waals surface area contributed by atoms with Gasteiger partial charge in [-0.1, -0.05) is 0 Å². The molecule has 0 aliphatic carbocycles. The Kier molecular flexibility index (Phi) is 3.74. The number of aliphatic hydroxyl groups excluding tert-OH is 1. The maximum Gasteiger partial charge on any atom is 0.271 e. The third-order valence-corrected chi connectivity index (χ3v) is 4.03. The molecule has 1 aliphatic rings. The van der Waals surface area contributed by atoms with Gasteiger partial charge in [0.1, 0.15) is 0 Å². The molecule has 1 unspecified atom stereocenters. The standard InChI is InChI=1S/C14H18N4O3/c19-8-6-10-3-1-2-7-17(10)14-15-12-5-4-11(18(20)21)9-13(12)16-14/h4-5,9-10,19H,1-3,6-8H2,(H,15,16). The van der Waals surface area contributed by atoms with E-state index in [1.165, 1.54) is 12.1 Å². The molecule has 2 heterocycles. The average Bonchev–Trinajstić information content (AvgIpc) is 2.90. The zero-order valence-corrected chi connectivity index (χ0v) is 11.7. The molecule has 2 aromatic rings. The number of aliphatic hydroxyl groups is 1. The summed E-state index contributed by atoms with van der Waals surface area (Å²) in [6.07, 6.45) is 4.01. The van der Waals surface area contributed by atoms with E-state index in [1.807, 2.05) is 0 Å². The number of H-pyrrole nitrogens is 1. The number of nitro benzene ring substituents is 1. The minimum absolute atomic E-state index is 0.0586. The van der Waals surface area contributed by atoms with Crippen LogP contribution in [0.15, 0.2) is 18.2 Å². The van der Waals surface area contributed by atoms with Gasteiger partial charge in [0, 0.05) is 31.3 Å². The average molecular weight is 290 g/mol. The molecule has 21 heavy (non-hydrogen) atoms. The maximum absolute atomic E-state index is 10.8. The molecule has 0 bridgehead atoms. The molecule has 2 N–H and O–H groups in total. The highest BCUT2D eigenvalue weighted by Crippen LogP contribution is 2.27. The van der Waals surface area contributed by atoms with E-state index in [-0.39, 0.29) is 18.3 Å². The highest BCUT2D eigenvalue weighted by molar-refractivity contribution is 5.80. The molecule has 1 aliphatic heterocycles. The van der Waals surface area contributed by atoms with Crippen LogP contribution in [0.2, 0.25) is 0 Å². The molecule has 112 valence electrons. The van der Waals surface area contributed by atoms with Crippen molar-refractivity contribution >= 4 is 22.7 Å². The fourth-order valence-electron chi connectivity index (χ4n) is 2.96. The summed E-state index contributed by atoms with van der Waals surface area (Å²) >= 11 is 0.